The number of anilines is 1. The molecule has 1 aliphatic rings. The maximum Gasteiger partial charge on any atom is 0.0668 e. The molecular weight excluding hydrogens is 176 g/mol. The van der Waals surface area contributed by atoms with E-state index in [1.165, 1.54) is 0 Å². The van der Waals surface area contributed by atoms with Crippen molar-refractivity contribution in [2.75, 3.05) is 18.5 Å². The molecule has 0 bridgehead atoms. The minimum absolute atomic E-state index is 0.474. The first-order chi connectivity index (χ1) is 6.88. The smallest absolute Gasteiger partial charge is 0.0668 e. The Morgan fingerprint density at radius 3 is 3.29 bits per heavy atom. The first kappa shape index (κ1) is 9.46. The Morgan fingerprint density at radius 1 is 1.64 bits per heavy atom. The van der Waals surface area contributed by atoms with E-state index in [4.69, 9.17) is 4.74 Å². The zero-order chi connectivity index (χ0) is 9.80. The van der Waals surface area contributed by atoms with Gasteiger partial charge in [0.05, 0.1) is 12.6 Å². The Balaban J connectivity index is 2.00. The van der Waals surface area contributed by atoms with Crippen molar-refractivity contribution in [1.82, 2.24) is 4.98 Å². The van der Waals surface area contributed by atoms with Crippen LogP contribution in [-0.4, -0.2) is 24.2 Å². The minimum Gasteiger partial charge on any atom is -0.380 e. The van der Waals surface area contributed by atoms with E-state index in [9.17, 15) is 0 Å². The molecule has 0 spiro atoms. The molecule has 0 saturated carbocycles. The zero-order valence-electron chi connectivity index (χ0n) is 8.49. The van der Waals surface area contributed by atoms with Crippen LogP contribution in [0.15, 0.2) is 18.3 Å². The van der Waals surface area contributed by atoms with Crippen LogP contribution in [0.4, 0.5) is 5.69 Å². The lowest BCUT2D eigenvalue weighted by atomic mass is 10.2. The number of pyridine rings is 1. The van der Waals surface area contributed by atoms with Gasteiger partial charge in [-0.3, -0.25) is 4.98 Å². The van der Waals surface area contributed by atoms with Gasteiger partial charge in [0.15, 0.2) is 0 Å². The van der Waals surface area contributed by atoms with Gasteiger partial charge < -0.3 is 10.1 Å². The third-order valence-corrected chi connectivity index (χ3v) is 2.48. The van der Waals surface area contributed by atoms with Crippen LogP contribution in [-0.2, 0) is 11.2 Å². The number of hydrogen-bond acceptors (Lipinski definition) is 3. The molecule has 0 aliphatic carbocycles. The van der Waals surface area contributed by atoms with Gasteiger partial charge in [-0.1, -0.05) is 6.92 Å². The molecule has 1 fully saturated rings. The summed E-state index contributed by atoms with van der Waals surface area (Å²) >= 11 is 0. The molecule has 1 aromatic rings. The third-order valence-electron chi connectivity index (χ3n) is 2.48. The Kier molecular flexibility index (Phi) is 2.99. The molecule has 0 amide bonds. The molecule has 3 heteroatoms. The number of aromatic nitrogens is 1. The van der Waals surface area contributed by atoms with E-state index >= 15 is 0 Å². The predicted molar refractivity (Wildman–Crippen MR) is 56.5 cm³/mol. The zero-order valence-corrected chi connectivity index (χ0v) is 8.49. The molecule has 0 radical (unpaired) electrons. The first-order valence-electron chi connectivity index (χ1n) is 5.17. The van der Waals surface area contributed by atoms with Gasteiger partial charge in [-0.2, -0.15) is 0 Å². The highest BCUT2D eigenvalue weighted by molar-refractivity contribution is 5.44. The largest absolute Gasteiger partial charge is 0.380 e. The van der Waals surface area contributed by atoms with Crippen LogP contribution < -0.4 is 5.32 Å². The molecule has 2 rings (SSSR count). The van der Waals surface area contributed by atoms with Crippen LogP contribution in [0.3, 0.4) is 0 Å². The topological polar surface area (TPSA) is 34.1 Å². The summed E-state index contributed by atoms with van der Waals surface area (Å²) in [4.78, 5) is 4.26. The monoisotopic (exact) mass is 192 g/mol. The number of ether oxygens (including phenoxy) is 1. The van der Waals surface area contributed by atoms with Crippen LogP contribution in [0.25, 0.3) is 0 Å². The van der Waals surface area contributed by atoms with E-state index in [-0.39, 0.29) is 0 Å². The molecule has 1 unspecified atom stereocenters. The van der Waals surface area contributed by atoms with Crippen molar-refractivity contribution in [3.05, 3.63) is 24.0 Å². The maximum absolute atomic E-state index is 5.31. The molecule has 1 aliphatic heterocycles. The van der Waals surface area contributed by atoms with Gasteiger partial charge in [0, 0.05) is 24.2 Å². The lowest BCUT2D eigenvalue weighted by Gasteiger charge is -2.12. The molecule has 1 aromatic heterocycles. The van der Waals surface area contributed by atoms with Crippen LogP contribution in [0.2, 0.25) is 0 Å². The van der Waals surface area contributed by atoms with Crippen molar-refractivity contribution in [3.8, 4) is 0 Å². The van der Waals surface area contributed by atoms with Gasteiger partial charge in [0.2, 0.25) is 0 Å². The molecule has 1 N–H and O–H groups in total. The second-order valence-corrected chi connectivity index (χ2v) is 3.59. The second-order valence-electron chi connectivity index (χ2n) is 3.59. The predicted octanol–water partition coefficient (Wildman–Crippen LogP) is 1.84. The van der Waals surface area contributed by atoms with E-state index in [2.05, 4.69) is 23.3 Å². The Labute approximate surface area is 84.5 Å². The summed E-state index contributed by atoms with van der Waals surface area (Å²) in [6, 6.07) is 4.60. The van der Waals surface area contributed by atoms with Crippen molar-refractivity contribution >= 4 is 5.69 Å². The molecule has 1 atom stereocenters. The van der Waals surface area contributed by atoms with Crippen LogP contribution in [0.5, 0.6) is 0 Å². The Morgan fingerprint density at radius 2 is 2.57 bits per heavy atom. The van der Waals surface area contributed by atoms with Gasteiger partial charge in [-0.15, -0.1) is 0 Å². The Hall–Kier alpha value is -1.09. The molecule has 14 heavy (non-hydrogen) atoms. The first-order valence-corrected chi connectivity index (χ1v) is 5.17. The van der Waals surface area contributed by atoms with Crippen molar-refractivity contribution in [2.45, 2.75) is 25.8 Å². The number of nitrogens with one attached hydrogen (secondary N) is 1. The lowest BCUT2D eigenvalue weighted by Crippen LogP contribution is -2.18. The van der Waals surface area contributed by atoms with Crippen LogP contribution in [0.1, 0.15) is 19.0 Å². The SMILES string of the molecule is CCc1cc(NC2CCOC2)ccn1. The van der Waals surface area contributed by atoms with Gasteiger partial charge >= 0.3 is 0 Å². The summed E-state index contributed by atoms with van der Waals surface area (Å²) in [7, 11) is 0. The Bertz CT molecular complexity index is 295. The summed E-state index contributed by atoms with van der Waals surface area (Å²) in [5.41, 5.74) is 2.29. The third kappa shape index (κ3) is 2.23. The van der Waals surface area contributed by atoms with E-state index in [1.807, 2.05) is 12.3 Å². The van der Waals surface area contributed by atoms with Crippen molar-refractivity contribution < 1.29 is 4.74 Å². The molecule has 1 saturated heterocycles. The van der Waals surface area contributed by atoms with E-state index in [0.717, 1.165) is 37.4 Å². The summed E-state index contributed by atoms with van der Waals surface area (Å²) < 4.78 is 5.31. The fourth-order valence-corrected chi connectivity index (χ4v) is 1.65. The summed E-state index contributed by atoms with van der Waals surface area (Å²) in [6.07, 6.45) is 3.94. The van der Waals surface area contributed by atoms with Crippen molar-refractivity contribution in [2.24, 2.45) is 0 Å². The second kappa shape index (κ2) is 4.42. The number of nitrogens with zero attached hydrogens (tertiary/aromatic N) is 1. The number of aryl methyl sites for hydroxylation is 1. The molecular formula is C11H16N2O. The fourth-order valence-electron chi connectivity index (χ4n) is 1.65. The van der Waals surface area contributed by atoms with Gasteiger partial charge in [0.25, 0.3) is 0 Å². The number of rotatable bonds is 3. The normalized spacial score (nSPS) is 21.1. The standard InChI is InChI=1S/C11H16N2O/c1-2-9-7-10(3-5-12-9)13-11-4-6-14-8-11/h3,5,7,11H,2,4,6,8H2,1H3,(H,12,13). The fraction of sp³-hybridized carbons (Fsp3) is 0.545. The minimum atomic E-state index is 0.474. The van der Waals surface area contributed by atoms with Gasteiger partial charge in [-0.25, -0.2) is 0 Å². The van der Waals surface area contributed by atoms with Crippen LogP contribution in [0, 0.1) is 0 Å². The molecule has 76 valence electrons. The highest BCUT2D eigenvalue weighted by atomic mass is 16.5. The van der Waals surface area contributed by atoms with E-state index in [0.29, 0.717) is 6.04 Å². The van der Waals surface area contributed by atoms with E-state index < -0.39 is 0 Å². The van der Waals surface area contributed by atoms with Crippen molar-refractivity contribution in [3.63, 3.8) is 0 Å². The number of hydrogen-bond donors (Lipinski definition) is 1. The highest BCUT2D eigenvalue weighted by Gasteiger charge is 2.14. The lowest BCUT2D eigenvalue weighted by molar-refractivity contribution is 0.195. The summed E-state index contributed by atoms with van der Waals surface area (Å²) in [5.74, 6) is 0. The van der Waals surface area contributed by atoms with Crippen LogP contribution >= 0.6 is 0 Å². The maximum atomic E-state index is 5.31. The average Bonchev–Trinajstić information content (AvgIpc) is 2.71. The van der Waals surface area contributed by atoms with E-state index in [1.54, 1.807) is 0 Å². The van der Waals surface area contributed by atoms with Gasteiger partial charge in [-0.05, 0) is 25.0 Å². The quantitative estimate of drug-likeness (QED) is 0.793. The van der Waals surface area contributed by atoms with Crippen molar-refractivity contribution in [1.29, 1.82) is 0 Å². The summed E-state index contributed by atoms with van der Waals surface area (Å²) in [6.45, 7) is 3.82. The van der Waals surface area contributed by atoms with Gasteiger partial charge in [0.1, 0.15) is 0 Å². The molecule has 2 heterocycles. The molecule has 3 nitrogen and oxygen atoms in total. The summed E-state index contributed by atoms with van der Waals surface area (Å²) in [5, 5.41) is 3.45. The highest BCUT2D eigenvalue weighted by Crippen LogP contribution is 2.14. The molecule has 0 aromatic carbocycles. The average molecular weight is 192 g/mol.